The molecule has 0 bridgehead atoms. The van der Waals surface area contributed by atoms with Crippen molar-refractivity contribution in [3.8, 4) is 0 Å². The van der Waals surface area contributed by atoms with E-state index < -0.39 is 16.8 Å². The number of nitro benzene ring substituents is 1. The van der Waals surface area contributed by atoms with Gasteiger partial charge in [0.25, 0.3) is 5.69 Å². The van der Waals surface area contributed by atoms with E-state index in [2.05, 4.69) is 0 Å². The minimum absolute atomic E-state index is 0.0883. The van der Waals surface area contributed by atoms with Crippen LogP contribution in [0.1, 0.15) is 31.7 Å². The first-order chi connectivity index (χ1) is 8.34. The maximum absolute atomic E-state index is 11.3. The lowest BCUT2D eigenvalue weighted by Gasteiger charge is -2.16. The van der Waals surface area contributed by atoms with Crippen LogP contribution in [0, 0.1) is 16.0 Å². The molecule has 0 aliphatic heterocycles. The predicted molar refractivity (Wildman–Crippen MR) is 67.9 cm³/mol. The van der Waals surface area contributed by atoms with Gasteiger partial charge >= 0.3 is 5.97 Å². The molecule has 0 heterocycles. The van der Waals surface area contributed by atoms with E-state index in [9.17, 15) is 20.0 Å². The molecule has 1 unspecified atom stereocenters. The Morgan fingerprint density at radius 2 is 2.11 bits per heavy atom. The molecule has 0 saturated heterocycles. The Labute approximate surface area is 110 Å². The van der Waals surface area contributed by atoms with Crippen molar-refractivity contribution in [2.75, 3.05) is 0 Å². The largest absolute Gasteiger partial charge is 0.481 e. The second-order valence-electron chi connectivity index (χ2n) is 4.45. The molecule has 0 aliphatic rings. The predicted octanol–water partition coefficient (Wildman–Crippen LogP) is 3.46. The van der Waals surface area contributed by atoms with Crippen LogP contribution in [0.15, 0.2) is 18.2 Å². The van der Waals surface area contributed by atoms with Gasteiger partial charge in [0.2, 0.25) is 0 Å². The Balaban J connectivity index is 3.34. The number of nitro groups is 1. The quantitative estimate of drug-likeness (QED) is 0.657. The van der Waals surface area contributed by atoms with Gasteiger partial charge in [0.15, 0.2) is 0 Å². The van der Waals surface area contributed by atoms with E-state index in [4.69, 9.17) is 11.6 Å². The highest BCUT2D eigenvalue weighted by Gasteiger charge is 2.30. The van der Waals surface area contributed by atoms with Gasteiger partial charge in [0.1, 0.15) is 0 Å². The van der Waals surface area contributed by atoms with Gasteiger partial charge in [0, 0.05) is 6.07 Å². The number of carboxylic acid groups (broad SMARTS) is 1. The number of carboxylic acids is 1. The van der Waals surface area contributed by atoms with Crippen molar-refractivity contribution in [3.05, 3.63) is 38.9 Å². The van der Waals surface area contributed by atoms with Crippen LogP contribution in [0.5, 0.6) is 0 Å². The van der Waals surface area contributed by atoms with Crippen LogP contribution < -0.4 is 0 Å². The second kappa shape index (κ2) is 5.82. The Morgan fingerprint density at radius 1 is 1.50 bits per heavy atom. The third-order valence-electron chi connectivity index (χ3n) is 2.58. The Morgan fingerprint density at radius 3 is 2.56 bits per heavy atom. The van der Waals surface area contributed by atoms with Crippen LogP contribution >= 0.6 is 11.6 Å². The summed E-state index contributed by atoms with van der Waals surface area (Å²) in [6.07, 6.45) is 0.305. The van der Waals surface area contributed by atoms with Gasteiger partial charge in [-0.3, -0.25) is 14.9 Å². The lowest BCUT2D eigenvalue weighted by molar-refractivity contribution is -0.385. The van der Waals surface area contributed by atoms with Crippen molar-refractivity contribution in [3.63, 3.8) is 0 Å². The first-order valence-electron chi connectivity index (χ1n) is 5.50. The van der Waals surface area contributed by atoms with Crippen molar-refractivity contribution in [2.45, 2.75) is 26.2 Å². The van der Waals surface area contributed by atoms with E-state index in [-0.39, 0.29) is 22.2 Å². The topological polar surface area (TPSA) is 80.4 Å². The normalized spacial score (nSPS) is 12.4. The van der Waals surface area contributed by atoms with Gasteiger partial charge in [0.05, 0.1) is 21.4 Å². The van der Waals surface area contributed by atoms with Crippen molar-refractivity contribution in [1.29, 1.82) is 0 Å². The van der Waals surface area contributed by atoms with E-state index in [0.717, 1.165) is 0 Å². The van der Waals surface area contributed by atoms with Gasteiger partial charge in [-0.2, -0.15) is 0 Å². The van der Waals surface area contributed by atoms with Crippen LogP contribution in [-0.2, 0) is 4.79 Å². The summed E-state index contributed by atoms with van der Waals surface area (Å²) in [5.74, 6) is -1.96. The molecule has 1 rings (SSSR count). The fraction of sp³-hybridized carbons (Fsp3) is 0.417. The molecule has 0 aromatic heterocycles. The molecule has 0 amide bonds. The number of nitrogens with zero attached hydrogens (tertiary/aromatic N) is 1. The molecule has 1 N–H and O–H groups in total. The second-order valence-corrected chi connectivity index (χ2v) is 4.86. The summed E-state index contributed by atoms with van der Waals surface area (Å²) in [7, 11) is 0. The first-order valence-corrected chi connectivity index (χ1v) is 5.88. The molecule has 1 aromatic rings. The van der Waals surface area contributed by atoms with E-state index >= 15 is 0 Å². The monoisotopic (exact) mass is 271 g/mol. The van der Waals surface area contributed by atoms with Gasteiger partial charge in [-0.25, -0.2) is 0 Å². The van der Waals surface area contributed by atoms with Crippen molar-refractivity contribution in [2.24, 2.45) is 5.92 Å². The zero-order valence-corrected chi connectivity index (χ0v) is 10.8. The van der Waals surface area contributed by atoms with Crippen LogP contribution in [-0.4, -0.2) is 16.0 Å². The molecule has 0 fully saturated rings. The van der Waals surface area contributed by atoms with E-state index in [1.165, 1.54) is 18.2 Å². The average molecular weight is 272 g/mol. The average Bonchev–Trinajstić information content (AvgIpc) is 2.25. The fourth-order valence-corrected chi connectivity index (χ4v) is 2.14. The molecule has 18 heavy (non-hydrogen) atoms. The Hall–Kier alpha value is -1.62. The maximum atomic E-state index is 11.3. The minimum Gasteiger partial charge on any atom is -0.481 e. The minimum atomic E-state index is -1.10. The van der Waals surface area contributed by atoms with Gasteiger partial charge < -0.3 is 5.11 Å². The number of benzene rings is 1. The highest BCUT2D eigenvalue weighted by molar-refractivity contribution is 6.32. The molecular formula is C12H14ClNO4. The maximum Gasteiger partial charge on any atom is 0.311 e. The van der Waals surface area contributed by atoms with E-state index in [0.29, 0.717) is 6.42 Å². The molecule has 0 saturated carbocycles. The summed E-state index contributed by atoms with van der Waals surface area (Å²) in [5.41, 5.74) is -0.152. The zero-order chi connectivity index (χ0) is 13.9. The summed E-state index contributed by atoms with van der Waals surface area (Å²) >= 11 is 5.93. The molecule has 6 heteroatoms. The number of aliphatic carboxylic acids is 1. The van der Waals surface area contributed by atoms with E-state index in [1.54, 1.807) is 0 Å². The summed E-state index contributed by atoms with van der Waals surface area (Å²) in [6.45, 7) is 3.72. The molecule has 0 radical (unpaired) electrons. The standard InChI is InChI=1S/C12H14ClNO4/c1-7(2)6-8(12(15)16)11-9(13)4-3-5-10(11)14(17)18/h3-5,7-8H,6H2,1-2H3,(H,15,16). The zero-order valence-electron chi connectivity index (χ0n) is 10.1. The highest BCUT2D eigenvalue weighted by atomic mass is 35.5. The van der Waals surface area contributed by atoms with Crippen molar-refractivity contribution in [1.82, 2.24) is 0 Å². The summed E-state index contributed by atoms with van der Waals surface area (Å²) < 4.78 is 0. The SMILES string of the molecule is CC(C)CC(C(=O)O)c1c(Cl)cccc1[N+](=O)[O-]. The van der Waals surface area contributed by atoms with E-state index in [1.807, 2.05) is 13.8 Å². The fourth-order valence-electron chi connectivity index (χ4n) is 1.84. The van der Waals surface area contributed by atoms with Crippen molar-refractivity contribution < 1.29 is 14.8 Å². The van der Waals surface area contributed by atoms with Crippen molar-refractivity contribution >= 4 is 23.3 Å². The van der Waals surface area contributed by atoms with Crippen LogP contribution in [0.3, 0.4) is 0 Å². The third kappa shape index (κ3) is 3.20. The molecular weight excluding hydrogens is 258 g/mol. The number of hydrogen-bond donors (Lipinski definition) is 1. The Bertz CT molecular complexity index is 473. The highest BCUT2D eigenvalue weighted by Crippen LogP contribution is 2.36. The summed E-state index contributed by atoms with van der Waals surface area (Å²) in [5, 5.41) is 20.3. The summed E-state index contributed by atoms with van der Waals surface area (Å²) in [4.78, 5) is 21.6. The molecule has 98 valence electrons. The number of rotatable bonds is 5. The number of carbonyl (C=O) groups is 1. The van der Waals surface area contributed by atoms with Crippen LogP contribution in [0.2, 0.25) is 5.02 Å². The van der Waals surface area contributed by atoms with Crippen LogP contribution in [0.4, 0.5) is 5.69 Å². The molecule has 0 aliphatic carbocycles. The molecule has 0 spiro atoms. The number of halogens is 1. The first kappa shape index (κ1) is 14.4. The van der Waals surface area contributed by atoms with Gasteiger partial charge in [-0.05, 0) is 18.4 Å². The van der Waals surface area contributed by atoms with Gasteiger partial charge in [-0.15, -0.1) is 0 Å². The summed E-state index contributed by atoms with van der Waals surface area (Å²) in [6, 6.07) is 4.19. The van der Waals surface area contributed by atoms with Crippen LogP contribution in [0.25, 0.3) is 0 Å². The molecule has 1 atom stereocenters. The van der Waals surface area contributed by atoms with Gasteiger partial charge in [-0.1, -0.05) is 31.5 Å². The number of hydrogen-bond acceptors (Lipinski definition) is 3. The Kier molecular flexibility index (Phi) is 4.67. The molecule has 5 nitrogen and oxygen atoms in total. The lowest BCUT2D eigenvalue weighted by Crippen LogP contribution is -2.16. The lowest BCUT2D eigenvalue weighted by atomic mass is 9.89. The molecule has 1 aromatic carbocycles. The third-order valence-corrected chi connectivity index (χ3v) is 2.91. The smallest absolute Gasteiger partial charge is 0.311 e.